The number of methoxy groups -OCH3 is 1. The number of primary amides is 1. The molecule has 4 rings (SSSR count). The van der Waals surface area contributed by atoms with Gasteiger partial charge in [-0.3, -0.25) is 9.59 Å². The van der Waals surface area contributed by atoms with E-state index < -0.39 is 22.8 Å². The molecule has 1 amide bonds. The molecule has 3 aromatic rings. The molecule has 5 N–H and O–H groups in total. The zero-order valence-electron chi connectivity index (χ0n) is 22.8. The minimum absolute atomic E-state index is 0.0418. The summed E-state index contributed by atoms with van der Waals surface area (Å²) in [7, 11) is 5.64. The molecule has 4 unspecified atom stereocenters. The average molecular weight is 594 g/mol. The van der Waals surface area contributed by atoms with E-state index >= 15 is 0 Å². The predicted molar refractivity (Wildman–Crippen MR) is 154 cm³/mol. The number of carbonyl (C=O) groups excluding carboxylic acids is 1. The molecule has 12 heteroatoms. The highest BCUT2D eigenvalue weighted by Crippen LogP contribution is 2.46. The molecule has 1 aliphatic rings. The van der Waals surface area contributed by atoms with E-state index in [1.165, 1.54) is 12.1 Å². The molecule has 216 valence electrons. The van der Waals surface area contributed by atoms with Crippen molar-refractivity contribution in [2.45, 2.75) is 31.8 Å². The van der Waals surface area contributed by atoms with Gasteiger partial charge in [-0.25, -0.2) is 9.78 Å². The number of carbonyl (C=O) groups is 2. The Morgan fingerprint density at radius 2 is 1.93 bits per heavy atom. The van der Waals surface area contributed by atoms with Gasteiger partial charge in [0, 0.05) is 18.4 Å². The molecule has 0 saturated heterocycles. The molecule has 4 atom stereocenters. The fourth-order valence-electron chi connectivity index (χ4n) is 5.14. The molecule has 1 saturated carbocycles. The highest BCUT2D eigenvalue weighted by atomic mass is 35.5. The number of nitrogens with zero attached hydrogens (tertiary/aromatic N) is 2. The summed E-state index contributed by atoms with van der Waals surface area (Å²) in [5, 5.41) is 20.7. The zero-order valence-corrected chi connectivity index (χ0v) is 24.3. The second kappa shape index (κ2) is 13.0. The summed E-state index contributed by atoms with van der Waals surface area (Å²) in [6.07, 6.45) is 2.21. The maximum absolute atomic E-state index is 11.6. The summed E-state index contributed by atoms with van der Waals surface area (Å²) in [5.74, 6) is -0.801. The summed E-state index contributed by atoms with van der Waals surface area (Å²) in [6, 6.07) is 10.5. The lowest BCUT2D eigenvalue weighted by Crippen LogP contribution is -2.47. The first kappa shape index (κ1) is 31.3. The predicted octanol–water partition coefficient (Wildman–Crippen LogP) is 3.91. The Balaban J connectivity index is 0.000000238. The molecule has 10 nitrogen and oxygen atoms in total. The molecule has 1 aliphatic carbocycles. The number of carboxylic acid groups (broad SMARTS) is 1. The number of H-pyrrole nitrogens is 1. The van der Waals surface area contributed by atoms with Crippen LogP contribution < -0.4 is 16.0 Å². The number of aromatic carboxylic acids is 1. The molecule has 1 fully saturated rings. The number of fused-ring (bicyclic) bond motifs is 1. The summed E-state index contributed by atoms with van der Waals surface area (Å²) < 4.78 is 5.32. The van der Waals surface area contributed by atoms with Crippen LogP contribution in [0.1, 0.15) is 42.2 Å². The monoisotopic (exact) mass is 592 g/mol. The van der Waals surface area contributed by atoms with Crippen LogP contribution in [0, 0.1) is 17.8 Å². The van der Waals surface area contributed by atoms with Gasteiger partial charge in [-0.2, -0.15) is 0 Å². The van der Waals surface area contributed by atoms with Crippen LogP contribution >= 0.6 is 23.2 Å². The van der Waals surface area contributed by atoms with Crippen LogP contribution in [0.3, 0.4) is 0 Å². The van der Waals surface area contributed by atoms with Gasteiger partial charge in [-0.15, -0.1) is 0 Å². The van der Waals surface area contributed by atoms with E-state index in [1.54, 1.807) is 7.11 Å². The summed E-state index contributed by atoms with van der Waals surface area (Å²) in [5.41, 5.74) is 4.73. The first-order valence-electron chi connectivity index (χ1n) is 12.7. The van der Waals surface area contributed by atoms with Gasteiger partial charge in [0.05, 0.1) is 33.8 Å². The van der Waals surface area contributed by atoms with Crippen LogP contribution in [-0.4, -0.2) is 64.7 Å². The molecule has 40 heavy (non-hydrogen) atoms. The highest BCUT2D eigenvalue weighted by molar-refractivity contribution is 6.42. The Hall–Kier alpha value is -3.18. The van der Waals surface area contributed by atoms with Crippen LogP contribution in [0.4, 0.5) is 0 Å². The third-order valence-corrected chi connectivity index (χ3v) is 8.13. The third-order valence-electron chi connectivity index (χ3n) is 7.41. The van der Waals surface area contributed by atoms with Crippen molar-refractivity contribution in [3.8, 4) is 5.75 Å². The van der Waals surface area contributed by atoms with E-state index in [9.17, 15) is 19.5 Å². The van der Waals surface area contributed by atoms with Crippen LogP contribution in [-0.2, 0) is 10.4 Å². The number of aromatic nitrogens is 2. The van der Waals surface area contributed by atoms with E-state index in [0.717, 1.165) is 30.7 Å². The fourth-order valence-corrected chi connectivity index (χ4v) is 5.46. The van der Waals surface area contributed by atoms with Crippen molar-refractivity contribution < 1.29 is 24.5 Å². The van der Waals surface area contributed by atoms with Crippen LogP contribution in [0.15, 0.2) is 41.2 Å². The Bertz CT molecular complexity index is 1450. The van der Waals surface area contributed by atoms with E-state index in [4.69, 9.17) is 38.8 Å². The van der Waals surface area contributed by atoms with Gasteiger partial charge in [0.2, 0.25) is 11.6 Å². The molecule has 0 aliphatic heterocycles. The van der Waals surface area contributed by atoms with E-state index in [2.05, 4.69) is 14.9 Å². The number of ether oxygens (including phenoxy) is 1. The molecule has 0 spiro atoms. The topological polar surface area (TPSA) is 159 Å². The SMILES string of the molecule is COc1cccc(C2(O)CCC(C(C)C(N)=O)CC2CN(C)C)c1.O=C(O)c1nc2cc(Cl)c(Cl)cc2[nH]c1=O. The van der Waals surface area contributed by atoms with E-state index in [-0.39, 0.29) is 39.2 Å². The van der Waals surface area contributed by atoms with Crippen molar-refractivity contribution >= 4 is 46.1 Å². The van der Waals surface area contributed by atoms with Gasteiger partial charge in [0.15, 0.2) is 0 Å². The minimum Gasteiger partial charge on any atom is -0.497 e. The number of halogens is 2. The Kier molecular flexibility index (Phi) is 10.2. The van der Waals surface area contributed by atoms with Gasteiger partial charge in [-0.1, -0.05) is 42.3 Å². The van der Waals surface area contributed by atoms with E-state index in [0.29, 0.717) is 11.9 Å². The molecule has 0 bridgehead atoms. The highest BCUT2D eigenvalue weighted by Gasteiger charge is 2.45. The van der Waals surface area contributed by atoms with Gasteiger partial charge in [-0.05, 0) is 69.1 Å². The Morgan fingerprint density at radius 3 is 2.52 bits per heavy atom. The lowest BCUT2D eigenvalue weighted by Gasteiger charge is -2.45. The number of hydrogen-bond donors (Lipinski definition) is 4. The maximum atomic E-state index is 11.6. The second-order valence-corrected chi connectivity index (χ2v) is 11.2. The average Bonchev–Trinajstić information content (AvgIpc) is 2.90. The Labute approximate surface area is 242 Å². The van der Waals surface area contributed by atoms with Crippen LogP contribution in [0.25, 0.3) is 11.0 Å². The normalized spacial score (nSPS) is 21.4. The number of nitrogens with two attached hydrogens (primary N) is 1. The van der Waals surface area contributed by atoms with Gasteiger partial charge in [0.25, 0.3) is 5.56 Å². The number of hydrogen-bond acceptors (Lipinski definition) is 7. The lowest BCUT2D eigenvalue weighted by molar-refractivity contribution is -0.126. The molecule has 0 radical (unpaired) electrons. The number of rotatable bonds is 7. The van der Waals surface area contributed by atoms with Crippen molar-refractivity contribution in [3.63, 3.8) is 0 Å². The van der Waals surface area contributed by atoms with Gasteiger partial charge in [0.1, 0.15) is 5.75 Å². The van der Waals surface area contributed by atoms with Crippen LogP contribution in [0.2, 0.25) is 10.0 Å². The van der Waals surface area contributed by atoms with Gasteiger partial charge < -0.3 is 30.6 Å². The molecule has 2 aromatic carbocycles. The summed E-state index contributed by atoms with van der Waals surface area (Å²) >= 11 is 11.5. The van der Waals surface area contributed by atoms with Crippen molar-refractivity contribution in [2.24, 2.45) is 23.5 Å². The number of amides is 1. The van der Waals surface area contributed by atoms with Gasteiger partial charge >= 0.3 is 5.97 Å². The summed E-state index contributed by atoms with van der Waals surface area (Å²) in [6.45, 7) is 2.66. The standard InChI is InChI=1S/C19H30N2O3.C9H4Cl2N2O3/c1-13(18(20)22)14-8-9-19(23,16(10-14)12-21(2)3)15-6-5-7-17(11-15)24-4;10-3-1-5-6(2-4(3)11)13-8(14)7(12-5)9(15)16/h5-7,11,13-14,16,23H,8-10,12H2,1-4H3,(H2,20,22);1-2H,(H,13,14)(H,15,16). The smallest absolute Gasteiger partial charge is 0.360 e. The number of aliphatic hydroxyl groups is 1. The quantitative estimate of drug-likeness (QED) is 0.321. The summed E-state index contributed by atoms with van der Waals surface area (Å²) in [4.78, 5) is 41.7. The largest absolute Gasteiger partial charge is 0.497 e. The molecular formula is C28H34Cl2N4O6. The fraction of sp³-hybridized carbons (Fsp3) is 0.429. The number of benzene rings is 2. The number of aromatic amines is 1. The number of nitrogens with one attached hydrogen (secondary N) is 1. The van der Waals surface area contributed by atoms with Crippen molar-refractivity contribution in [1.29, 1.82) is 0 Å². The second-order valence-electron chi connectivity index (χ2n) is 10.3. The van der Waals surface area contributed by atoms with Crippen molar-refractivity contribution in [2.75, 3.05) is 27.7 Å². The van der Waals surface area contributed by atoms with Crippen LogP contribution in [0.5, 0.6) is 5.75 Å². The zero-order chi connectivity index (χ0) is 29.8. The maximum Gasteiger partial charge on any atom is 0.360 e. The Morgan fingerprint density at radius 1 is 1.25 bits per heavy atom. The minimum atomic E-state index is -1.39. The molecule has 1 heterocycles. The molecule has 1 aromatic heterocycles. The molecular weight excluding hydrogens is 559 g/mol. The third kappa shape index (κ3) is 7.11. The first-order chi connectivity index (χ1) is 18.8. The first-order valence-corrected chi connectivity index (χ1v) is 13.5. The van der Waals surface area contributed by atoms with E-state index in [1.807, 2.05) is 45.3 Å². The number of carboxylic acids is 1. The van der Waals surface area contributed by atoms with Crippen molar-refractivity contribution in [3.05, 3.63) is 68.1 Å². The van der Waals surface area contributed by atoms with Crippen molar-refractivity contribution in [1.82, 2.24) is 14.9 Å². The lowest BCUT2D eigenvalue weighted by atomic mass is 9.65.